The normalized spacial score (nSPS) is 10.5. The van der Waals surface area contributed by atoms with Crippen molar-refractivity contribution in [2.24, 2.45) is 0 Å². The predicted molar refractivity (Wildman–Crippen MR) is 82.9 cm³/mol. The first-order chi connectivity index (χ1) is 10.1. The molecule has 0 bridgehead atoms. The summed E-state index contributed by atoms with van der Waals surface area (Å²) in [6, 6.07) is 12.0. The maximum absolute atomic E-state index is 11.7. The molecule has 0 heterocycles. The van der Waals surface area contributed by atoms with Gasteiger partial charge in [-0.15, -0.1) is 0 Å². The van der Waals surface area contributed by atoms with E-state index < -0.39 is 5.97 Å². The summed E-state index contributed by atoms with van der Waals surface area (Å²) in [6.07, 6.45) is 2.98. The Morgan fingerprint density at radius 2 is 1.81 bits per heavy atom. The fraction of sp³-hybridized carbons (Fsp3) is 0.0625. The van der Waals surface area contributed by atoms with E-state index in [9.17, 15) is 4.79 Å². The van der Waals surface area contributed by atoms with Gasteiger partial charge in [0.2, 0.25) is 0 Å². The van der Waals surface area contributed by atoms with Crippen LogP contribution in [0.3, 0.4) is 0 Å². The third-order valence-corrected chi connectivity index (χ3v) is 2.77. The number of carbonyl (C=O) groups excluding carboxylic acids is 1. The van der Waals surface area contributed by atoms with Crippen molar-refractivity contribution in [1.82, 2.24) is 0 Å². The summed E-state index contributed by atoms with van der Waals surface area (Å²) in [5, 5.41) is 0. The number of nitrogen functional groups attached to an aromatic ring is 2. The quantitative estimate of drug-likeness (QED) is 0.390. The Labute approximate surface area is 122 Å². The van der Waals surface area contributed by atoms with Crippen molar-refractivity contribution in [1.29, 1.82) is 0 Å². The smallest absolute Gasteiger partial charge is 0.336 e. The van der Waals surface area contributed by atoms with Crippen LogP contribution in [0.5, 0.6) is 11.5 Å². The van der Waals surface area contributed by atoms with E-state index in [2.05, 4.69) is 0 Å². The van der Waals surface area contributed by atoms with Crippen molar-refractivity contribution in [2.75, 3.05) is 18.6 Å². The molecule has 21 heavy (non-hydrogen) atoms. The van der Waals surface area contributed by atoms with Crippen LogP contribution in [0.4, 0.5) is 11.4 Å². The number of rotatable bonds is 4. The lowest BCUT2D eigenvalue weighted by atomic mass is 10.2. The van der Waals surface area contributed by atoms with Crippen LogP contribution >= 0.6 is 0 Å². The van der Waals surface area contributed by atoms with Crippen LogP contribution in [0.15, 0.2) is 48.5 Å². The van der Waals surface area contributed by atoms with Crippen LogP contribution in [0.1, 0.15) is 5.56 Å². The maximum atomic E-state index is 11.7. The minimum Gasteiger partial charge on any atom is -0.497 e. The van der Waals surface area contributed by atoms with Gasteiger partial charge >= 0.3 is 5.97 Å². The Kier molecular flexibility index (Phi) is 4.46. The summed E-state index contributed by atoms with van der Waals surface area (Å²) >= 11 is 0. The van der Waals surface area contributed by atoms with Crippen LogP contribution in [0.25, 0.3) is 6.08 Å². The first-order valence-electron chi connectivity index (χ1n) is 6.27. The molecule has 0 saturated heterocycles. The number of anilines is 2. The fourth-order valence-corrected chi connectivity index (χ4v) is 1.68. The van der Waals surface area contributed by atoms with Crippen LogP contribution < -0.4 is 20.9 Å². The molecule has 0 atom stereocenters. The Hall–Kier alpha value is -2.95. The molecule has 0 aromatic heterocycles. The molecule has 0 saturated carbocycles. The van der Waals surface area contributed by atoms with Gasteiger partial charge in [0.1, 0.15) is 5.75 Å². The third kappa shape index (κ3) is 4.01. The average Bonchev–Trinajstić information content (AvgIpc) is 2.48. The first kappa shape index (κ1) is 14.5. The molecular formula is C16H16N2O3. The van der Waals surface area contributed by atoms with E-state index in [0.717, 1.165) is 11.3 Å². The number of ether oxygens (including phenoxy) is 2. The molecule has 0 spiro atoms. The predicted octanol–water partition coefficient (Wildman–Crippen LogP) is 2.48. The van der Waals surface area contributed by atoms with Gasteiger partial charge in [0, 0.05) is 11.8 Å². The molecule has 2 rings (SSSR count). The molecule has 2 aromatic rings. The zero-order chi connectivity index (χ0) is 15.2. The molecule has 2 aromatic carbocycles. The van der Waals surface area contributed by atoms with E-state index in [1.54, 1.807) is 25.3 Å². The van der Waals surface area contributed by atoms with Gasteiger partial charge in [-0.25, -0.2) is 4.79 Å². The minimum absolute atomic E-state index is 0.286. The standard InChI is InChI=1S/C16H16N2O3/c1-20-13-6-2-11(3-7-13)4-9-16(19)21-15-8-5-12(17)10-14(15)18/h2-10H,17-18H2,1H3. The van der Waals surface area contributed by atoms with E-state index in [-0.39, 0.29) is 5.75 Å². The molecule has 0 amide bonds. The Morgan fingerprint density at radius 3 is 2.43 bits per heavy atom. The molecule has 5 nitrogen and oxygen atoms in total. The summed E-state index contributed by atoms with van der Waals surface area (Å²) in [4.78, 5) is 11.7. The second kappa shape index (κ2) is 6.47. The highest BCUT2D eigenvalue weighted by Gasteiger charge is 2.05. The van der Waals surface area contributed by atoms with Gasteiger partial charge < -0.3 is 20.9 Å². The second-order valence-corrected chi connectivity index (χ2v) is 4.32. The van der Waals surface area contributed by atoms with Crippen molar-refractivity contribution in [2.45, 2.75) is 0 Å². The Bertz CT molecular complexity index is 664. The molecule has 108 valence electrons. The molecule has 0 fully saturated rings. The van der Waals surface area contributed by atoms with Gasteiger partial charge in [0.15, 0.2) is 5.75 Å². The number of nitrogens with two attached hydrogens (primary N) is 2. The van der Waals surface area contributed by atoms with Gasteiger partial charge in [-0.3, -0.25) is 0 Å². The highest BCUT2D eigenvalue weighted by Crippen LogP contribution is 2.23. The molecule has 0 unspecified atom stereocenters. The summed E-state index contributed by atoms with van der Waals surface area (Å²) in [5.74, 6) is 0.528. The van der Waals surface area contributed by atoms with E-state index in [1.807, 2.05) is 24.3 Å². The van der Waals surface area contributed by atoms with Gasteiger partial charge in [0.05, 0.1) is 12.8 Å². The third-order valence-electron chi connectivity index (χ3n) is 2.77. The zero-order valence-corrected chi connectivity index (χ0v) is 11.6. The topological polar surface area (TPSA) is 87.6 Å². The Morgan fingerprint density at radius 1 is 1.10 bits per heavy atom. The van der Waals surface area contributed by atoms with Gasteiger partial charge in [-0.2, -0.15) is 0 Å². The maximum Gasteiger partial charge on any atom is 0.336 e. The lowest BCUT2D eigenvalue weighted by Gasteiger charge is -2.05. The second-order valence-electron chi connectivity index (χ2n) is 4.32. The van der Waals surface area contributed by atoms with E-state index in [1.165, 1.54) is 12.1 Å². The van der Waals surface area contributed by atoms with E-state index in [0.29, 0.717) is 11.4 Å². The monoisotopic (exact) mass is 284 g/mol. The van der Waals surface area contributed by atoms with Crippen LogP contribution in [-0.2, 0) is 4.79 Å². The van der Waals surface area contributed by atoms with Crippen LogP contribution in [0.2, 0.25) is 0 Å². The fourth-order valence-electron chi connectivity index (χ4n) is 1.68. The summed E-state index contributed by atoms with van der Waals surface area (Å²) < 4.78 is 10.2. The van der Waals surface area contributed by atoms with Gasteiger partial charge in [-0.05, 0) is 42.0 Å². The van der Waals surface area contributed by atoms with Crippen LogP contribution in [-0.4, -0.2) is 13.1 Å². The molecule has 4 N–H and O–H groups in total. The van der Waals surface area contributed by atoms with Gasteiger partial charge in [-0.1, -0.05) is 12.1 Å². The number of benzene rings is 2. The Balaban J connectivity index is 2.01. The lowest BCUT2D eigenvalue weighted by Crippen LogP contribution is -2.06. The lowest BCUT2D eigenvalue weighted by molar-refractivity contribution is -0.128. The number of methoxy groups -OCH3 is 1. The number of carbonyl (C=O) groups is 1. The molecule has 0 aliphatic rings. The minimum atomic E-state index is -0.512. The largest absolute Gasteiger partial charge is 0.497 e. The first-order valence-corrected chi connectivity index (χ1v) is 6.27. The average molecular weight is 284 g/mol. The van der Waals surface area contributed by atoms with Crippen molar-refractivity contribution >= 4 is 23.4 Å². The van der Waals surface area contributed by atoms with Crippen molar-refractivity contribution < 1.29 is 14.3 Å². The summed E-state index contributed by atoms with van der Waals surface area (Å²) in [6.45, 7) is 0. The number of hydrogen-bond donors (Lipinski definition) is 2. The van der Waals surface area contributed by atoms with Gasteiger partial charge in [0.25, 0.3) is 0 Å². The van der Waals surface area contributed by atoms with Crippen molar-refractivity contribution in [3.63, 3.8) is 0 Å². The summed E-state index contributed by atoms with van der Waals surface area (Å²) in [7, 11) is 1.60. The highest BCUT2D eigenvalue weighted by molar-refractivity contribution is 5.89. The highest BCUT2D eigenvalue weighted by atomic mass is 16.5. The summed E-state index contributed by atoms with van der Waals surface area (Å²) in [5.41, 5.74) is 13.0. The van der Waals surface area contributed by atoms with Crippen LogP contribution in [0, 0.1) is 0 Å². The van der Waals surface area contributed by atoms with Crippen molar-refractivity contribution in [3.8, 4) is 11.5 Å². The molecule has 5 heteroatoms. The molecule has 0 aliphatic heterocycles. The number of hydrogen-bond acceptors (Lipinski definition) is 5. The number of esters is 1. The van der Waals surface area contributed by atoms with Crippen molar-refractivity contribution in [3.05, 3.63) is 54.1 Å². The zero-order valence-electron chi connectivity index (χ0n) is 11.6. The van der Waals surface area contributed by atoms with E-state index >= 15 is 0 Å². The molecular weight excluding hydrogens is 268 g/mol. The molecule has 0 aliphatic carbocycles. The van der Waals surface area contributed by atoms with E-state index in [4.69, 9.17) is 20.9 Å². The SMILES string of the molecule is COc1ccc(C=CC(=O)Oc2ccc(N)cc2N)cc1. The molecule has 0 radical (unpaired) electrons.